The Morgan fingerprint density at radius 2 is 2.24 bits per heavy atom. The van der Waals surface area contributed by atoms with Gasteiger partial charge in [-0.05, 0) is 20.3 Å². The van der Waals surface area contributed by atoms with Crippen molar-refractivity contribution in [1.29, 1.82) is 0 Å². The number of cyclic esters (lactones) is 1. The highest BCUT2D eigenvalue weighted by Crippen LogP contribution is 2.25. The van der Waals surface area contributed by atoms with Crippen LogP contribution in [0.4, 0.5) is 0 Å². The second kappa shape index (κ2) is 6.00. The molecular formula is C12H20O5. The second-order valence-electron chi connectivity index (χ2n) is 4.40. The number of carbonyl (C=O) groups excluding carboxylic acids is 2. The number of carbonyl (C=O) groups is 2. The molecule has 0 aromatic rings. The van der Waals surface area contributed by atoms with Crippen LogP contribution < -0.4 is 0 Å². The average molecular weight is 244 g/mol. The fourth-order valence-corrected chi connectivity index (χ4v) is 1.49. The Bertz CT molecular complexity index is 289. The molecule has 0 aliphatic carbocycles. The van der Waals surface area contributed by atoms with Gasteiger partial charge in [-0.1, -0.05) is 6.92 Å². The number of rotatable bonds is 6. The third-order valence-electron chi connectivity index (χ3n) is 3.03. The summed E-state index contributed by atoms with van der Waals surface area (Å²) < 4.78 is 15.2. The zero-order valence-electron chi connectivity index (χ0n) is 10.7. The third kappa shape index (κ3) is 3.43. The van der Waals surface area contributed by atoms with Crippen molar-refractivity contribution in [2.24, 2.45) is 5.41 Å². The first kappa shape index (κ1) is 14.0. The van der Waals surface area contributed by atoms with E-state index in [4.69, 9.17) is 14.2 Å². The number of hydrogen-bond acceptors (Lipinski definition) is 5. The quantitative estimate of drug-likeness (QED) is 0.659. The summed E-state index contributed by atoms with van der Waals surface area (Å²) in [5, 5.41) is 0. The van der Waals surface area contributed by atoms with E-state index in [1.54, 1.807) is 6.92 Å². The Hall–Kier alpha value is -1.10. The minimum absolute atomic E-state index is 0.306. The Labute approximate surface area is 101 Å². The summed E-state index contributed by atoms with van der Waals surface area (Å²) in [4.78, 5) is 23.2. The third-order valence-corrected chi connectivity index (χ3v) is 3.03. The molecule has 0 amide bonds. The molecule has 2 unspecified atom stereocenters. The van der Waals surface area contributed by atoms with Crippen LogP contribution in [0, 0.1) is 5.41 Å². The maximum absolute atomic E-state index is 12.0. The molecule has 0 radical (unpaired) electrons. The van der Waals surface area contributed by atoms with Gasteiger partial charge in [0.25, 0.3) is 0 Å². The van der Waals surface area contributed by atoms with Gasteiger partial charge in [0.05, 0.1) is 18.6 Å². The smallest absolute Gasteiger partial charge is 0.347 e. The van der Waals surface area contributed by atoms with E-state index in [0.29, 0.717) is 32.7 Å². The largest absolute Gasteiger partial charge is 0.463 e. The summed E-state index contributed by atoms with van der Waals surface area (Å²) in [6.45, 7) is 6.73. The highest BCUT2D eigenvalue weighted by molar-refractivity contribution is 5.83. The van der Waals surface area contributed by atoms with Crippen molar-refractivity contribution in [2.75, 3.05) is 19.8 Å². The lowest BCUT2D eigenvalue weighted by molar-refractivity contribution is -0.170. The van der Waals surface area contributed by atoms with E-state index < -0.39 is 23.5 Å². The first-order chi connectivity index (χ1) is 8.03. The van der Waals surface area contributed by atoms with E-state index in [9.17, 15) is 9.59 Å². The number of esters is 2. The molecule has 1 saturated heterocycles. The van der Waals surface area contributed by atoms with Crippen LogP contribution in [-0.2, 0) is 23.8 Å². The second-order valence-corrected chi connectivity index (χ2v) is 4.40. The summed E-state index contributed by atoms with van der Waals surface area (Å²) in [6.07, 6.45) is 0.307. The zero-order chi connectivity index (χ0) is 12.9. The lowest BCUT2D eigenvalue weighted by Crippen LogP contribution is -2.37. The predicted molar refractivity (Wildman–Crippen MR) is 60.3 cm³/mol. The highest BCUT2D eigenvalue weighted by atomic mass is 16.6. The van der Waals surface area contributed by atoms with Crippen molar-refractivity contribution in [3.63, 3.8) is 0 Å². The van der Waals surface area contributed by atoms with Gasteiger partial charge in [-0.15, -0.1) is 0 Å². The van der Waals surface area contributed by atoms with Gasteiger partial charge in [0, 0.05) is 13.0 Å². The lowest BCUT2D eigenvalue weighted by Gasteiger charge is -2.26. The highest BCUT2D eigenvalue weighted by Gasteiger charge is 2.38. The molecule has 1 heterocycles. The molecule has 1 aliphatic heterocycles. The molecule has 17 heavy (non-hydrogen) atoms. The van der Waals surface area contributed by atoms with Crippen molar-refractivity contribution in [2.45, 2.75) is 39.7 Å². The van der Waals surface area contributed by atoms with Gasteiger partial charge < -0.3 is 14.2 Å². The minimum Gasteiger partial charge on any atom is -0.463 e. The standard InChI is InChI=1S/C12H20O5/c1-4-12(3,8-15-5-2)11(14)17-9-6-7-16-10(9)13/h9H,4-8H2,1-3H3. The van der Waals surface area contributed by atoms with Crippen LogP contribution in [0.1, 0.15) is 33.6 Å². The van der Waals surface area contributed by atoms with Crippen LogP contribution in [0.15, 0.2) is 0 Å². The maximum atomic E-state index is 12.0. The fourth-order valence-electron chi connectivity index (χ4n) is 1.49. The van der Waals surface area contributed by atoms with Crippen LogP contribution in [0.25, 0.3) is 0 Å². The summed E-state index contributed by atoms with van der Waals surface area (Å²) in [7, 11) is 0. The number of ether oxygens (including phenoxy) is 3. The van der Waals surface area contributed by atoms with Gasteiger partial charge in [0.2, 0.25) is 6.10 Å². The van der Waals surface area contributed by atoms with E-state index in [1.165, 1.54) is 0 Å². The van der Waals surface area contributed by atoms with Gasteiger partial charge in [0.1, 0.15) is 0 Å². The van der Waals surface area contributed by atoms with Crippen molar-refractivity contribution in [3.05, 3.63) is 0 Å². The summed E-state index contributed by atoms with van der Waals surface area (Å²) in [5.41, 5.74) is -0.696. The Balaban J connectivity index is 2.56. The molecule has 0 aromatic heterocycles. The monoisotopic (exact) mass is 244 g/mol. The topological polar surface area (TPSA) is 61.8 Å². The van der Waals surface area contributed by atoms with Gasteiger partial charge in [-0.3, -0.25) is 4.79 Å². The van der Waals surface area contributed by atoms with Crippen LogP contribution in [0.5, 0.6) is 0 Å². The Morgan fingerprint density at radius 3 is 2.71 bits per heavy atom. The normalized spacial score (nSPS) is 23.0. The molecule has 0 N–H and O–H groups in total. The first-order valence-electron chi connectivity index (χ1n) is 5.99. The van der Waals surface area contributed by atoms with Crippen molar-refractivity contribution in [1.82, 2.24) is 0 Å². The van der Waals surface area contributed by atoms with E-state index in [-0.39, 0.29) is 0 Å². The molecular weight excluding hydrogens is 224 g/mol. The van der Waals surface area contributed by atoms with Gasteiger partial charge in [0.15, 0.2) is 0 Å². The summed E-state index contributed by atoms with van der Waals surface area (Å²) in [5.74, 6) is -0.842. The fraction of sp³-hybridized carbons (Fsp3) is 0.833. The maximum Gasteiger partial charge on any atom is 0.347 e. The Morgan fingerprint density at radius 1 is 1.53 bits per heavy atom. The van der Waals surface area contributed by atoms with E-state index in [0.717, 1.165) is 0 Å². The SMILES string of the molecule is CCOCC(C)(CC)C(=O)OC1CCOC1=O. The Kier molecular flexibility index (Phi) is 4.93. The van der Waals surface area contributed by atoms with E-state index in [1.807, 2.05) is 13.8 Å². The summed E-state index contributed by atoms with van der Waals surface area (Å²) >= 11 is 0. The lowest BCUT2D eigenvalue weighted by atomic mass is 9.88. The minimum atomic E-state index is -0.741. The summed E-state index contributed by atoms with van der Waals surface area (Å²) in [6, 6.07) is 0. The molecule has 1 rings (SSSR count). The van der Waals surface area contributed by atoms with Crippen LogP contribution in [0.2, 0.25) is 0 Å². The zero-order valence-corrected chi connectivity index (χ0v) is 10.7. The molecule has 5 nitrogen and oxygen atoms in total. The number of hydrogen-bond donors (Lipinski definition) is 0. The van der Waals surface area contributed by atoms with E-state index >= 15 is 0 Å². The van der Waals surface area contributed by atoms with Crippen LogP contribution >= 0.6 is 0 Å². The molecule has 98 valence electrons. The van der Waals surface area contributed by atoms with Crippen molar-refractivity contribution < 1.29 is 23.8 Å². The molecule has 0 bridgehead atoms. The van der Waals surface area contributed by atoms with Crippen molar-refractivity contribution in [3.8, 4) is 0 Å². The molecule has 1 fully saturated rings. The molecule has 0 aromatic carbocycles. The molecule has 5 heteroatoms. The van der Waals surface area contributed by atoms with Gasteiger partial charge in [-0.2, -0.15) is 0 Å². The van der Waals surface area contributed by atoms with E-state index in [2.05, 4.69) is 0 Å². The van der Waals surface area contributed by atoms with Crippen molar-refractivity contribution >= 4 is 11.9 Å². The van der Waals surface area contributed by atoms with Crippen LogP contribution in [0.3, 0.4) is 0 Å². The van der Waals surface area contributed by atoms with Gasteiger partial charge in [-0.25, -0.2) is 4.79 Å². The predicted octanol–water partition coefficient (Wildman–Crippen LogP) is 1.30. The molecule has 1 aliphatic rings. The molecule has 0 spiro atoms. The van der Waals surface area contributed by atoms with Crippen LogP contribution in [-0.4, -0.2) is 37.9 Å². The first-order valence-corrected chi connectivity index (χ1v) is 5.99. The average Bonchev–Trinajstić information content (AvgIpc) is 2.72. The molecule has 0 saturated carbocycles. The van der Waals surface area contributed by atoms with Gasteiger partial charge >= 0.3 is 11.9 Å². The molecule has 2 atom stereocenters.